The normalized spacial score (nSPS) is 10.5. The minimum absolute atomic E-state index is 0.566. The van der Waals surface area contributed by atoms with Crippen molar-refractivity contribution in [2.24, 2.45) is 0 Å². The number of hydrogen-bond donors (Lipinski definition) is 1. The van der Waals surface area contributed by atoms with Crippen molar-refractivity contribution in [3.8, 4) is 0 Å². The van der Waals surface area contributed by atoms with E-state index in [-0.39, 0.29) is 0 Å². The molecule has 0 bridgehead atoms. The minimum atomic E-state index is 0.566. The zero-order valence-electron chi connectivity index (χ0n) is 11.8. The Balaban J connectivity index is 2.10. The van der Waals surface area contributed by atoms with E-state index in [2.05, 4.69) is 62.5 Å². The van der Waals surface area contributed by atoms with E-state index in [9.17, 15) is 0 Å². The Labute approximate surface area is 120 Å². The second-order valence-electron chi connectivity index (χ2n) is 5.06. The number of anilines is 1. The Morgan fingerprint density at radius 1 is 0.947 bits per heavy atom. The molecule has 100 valence electrons. The Morgan fingerprint density at radius 2 is 1.53 bits per heavy atom. The molecule has 0 aliphatic rings. The third-order valence-electron chi connectivity index (χ3n) is 3.42. The van der Waals surface area contributed by atoms with Gasteiger partial charge in [-0.25, -0.2) is 0 Å². The predicted molar refractivity (Wildman–Crippen MR) is 84.0 cm³/mol. The van der Waals surface area contributed by atoms with Crippen LogP contribution in [-0.4, -0.2) is 0 Å². The van der Waals surface area contributed by atoms with E-state index in [0.717, 1.165) is 17.8 Å². The highest BCUT2D eigenvalue weighted by Gasteiger charge is 2.03. The lowest BCUT2D eigenvalue weighted by Crippen LogP contribution is -2.04. The highest BCUT2D eigenvalue weighted by Crippen LogP contribution is 2.18. The molecule has 0 unspecified atom stereocenters. The van der Waals surface area contributed by atoms with Crippen LogP contribution in [0, 0.1) is 20.8 Å². The molecule has 2 heteroatoms. The molecule has 0 radical (unpaired) electrons. The Hall–Kier alpha value is -1.47. The van der Waals surface area contributed by atoms with Crippen LogP contribution in [0.4, 0.5) is 5.69 Å². The lowest BCUT2D eigenvalue weighted by atomic mass is 10.00. The van der Waals surface area contributed by atoms with Crippen LogP contribution in [0.25, 0.3) is 0 Å². The molecule has 0 saturated carbocycles. The van der Waals surface area contributed by atoms with Gasteiger partial charge in [0.2, 0.25) is 0 Å². The molecule has 0 amide bonds. The molecule has 0 aliphatic carbocycles. The molecular weight excluding hydrogens is 254 g/mol. The first-order valence-corrected chi connectivity index (χ1v) is 7.09. The van der Waals surface area contributed by atoms with Crippen molar-refractivity contribution in [3.63, 3.8) is 0 Å². The highest BCUT2D eigenvalue weighted by molar-refractivity contribution is 6.17. The molecule has 0 atom stereocenters. The molecule has 0 fully saturated rings. The maximum absolute atomic E-state index is 5.79. The Bertz CT molecular complexity index is 535. The van der Waals surface area contributed by atoms with Crippen molar-refractivity contribution in [2.75, 3.05) is 5.32 Å². The zero-order chi connectivity index (χ0) is 13.8. The zero-order valence-corrected chi connectivity index (χ0v) is 12.5. The summed E-state index contributed by atoms with van der Waals surface area (Å²) in [4.78, 5) is 0. The smallest absolute Gasteiger partial charge is 0.0474 e. The van der Waals surface area contributed by atoms with E-state index in [1.54, 1.807) is 0 Å². The molecule has 19 heavy (non-hydrogen) atoms. The molecule has 0 spiro atoms. The summed E-state index contributed by atoms with van der Waals surface area (Å²) in [6.07, 6.45) is 0. The number of aryl methyl sites for hydroxylation is 3. The summed E-state index contributed by atoms with van der Waals surface area (Å²) in [5.41, 5.74) is 7.69. The Morgan fingerprint density at radius 3 is 2.05 bits per heavy atom. The fourth-order valence-electron chi connectivity index (χ4n) is 2.39. The first kappa shape index (κ1) is 14.0. The highest BCUT2D eigenvalue weighted by atomic mass is 35.5. The quantitative estimate of drug-likeness (QED) is 0.776. The molecule has 0 aliphatic heterocycles. The number of benzene rings is 2. The SMILES string of the molecule is Cc1cc(C)c(CNc2ccc(CCl)cc2)c(C)c1. The summed E-state index contributed by atoms with van der Waals surface area (Å²) < 4.78 is 0. The fourth-order valence-corrected chi connectivity index (χ4v) is 2.57. The van der Waals surface area contributed by atoms with Gasteiger partial charge in [0.05, 0.1) is 0 Å². The van der Waals surface area contributed by atoms with Crippen LogP contribution >= 0.6 is 11.6 Å². The molecule has 2 aromatic rings. The van der Waals surface area contributed by atoms with Crippen molar-refractivity contribution in [1.82, 2.24) is 0 Å². The summed E-state index contributed by atoms with van der Waals surface area (Å²) in [5, 5.41) is 3.47. The molecule has 0 aromatic heterocycles. The fraction of sp³-hybridized carbons (Fsp3) is 0.294. The van der Waals surface area contributed by atoms with Gasteiger partial charge in [-0.3, -0.25) is 0 Å². The second-order valence-corrected chi connectivity index (χ2v) is 5.33. The summed E-state index contributed by atoms with van der Waals surface area (Å²) in [7, 11) is 0. The van der Waals surface area contributed by atoms with Crippen LogP contribution in [0.5, 0.6) is 0 Å². The minimum Gasteiger partial charge on any atom is -0.381 e. The first-order valence-electron chi connectivity index (χ1n) is 6.55. The van der Waals surface area contributed by atoms with E-state index in [1.807, 2.05) is 0 Å². The topological polar surface area (TPSA) is 12.0 Å². The van der Waals surface area contributed by atoms with Crippen LogP contribution in [0.2, 0.25) is 0 Å². The van der Waals surface area contributed by atoms with Gasteiger partial charge in [-0.15, -0.1) is 11.6 Å². The summed E-state index contributed by atoms with van der Waals surface area (Å²) >= 11 is 5.79. The van der Waals surface area contributed by atoms with Crippen LogP contribution < -0.4 is 5.32 Å². The van der Waals surface area contributed by atoms with Crippen molar-refractivity contribution < 1.29 is 0 Å². The largest absolute Gasteiger partial charge is 0.381 e. The van der Waals surface area contributed by atoms with Crippen LogP contribution in [0.3, 0.4) is 0 Å². The van der Waals surface area contributed by atoms with E-state index in [4.69, 9.17) is 11.6 Å². The number of nitrogens with one attached hydrogen (secondary N) is 1. The van der Waals surface area contributed by atoms with E-state index < -0.39 is 0 Å². The van der Waals surface area contributed by atoms with Gasteiger partial charge in [-0.05, 0) is 55.2 Å². The molecule has 2 rings (SSSR count). The van der Waals surface area contributed by atoms with Crippen LogP contribution in [-0.2, 0) is 12.4 Å². The van der Waals surface area contributed by atoms with Crippen molar-refractivity contribution in [3.05, 3.63) is 64.2 Å². The number of hydrogen-bond acceptors (Lipinski definition) is 1. The summed E-state index contributed by atoms with van der Waals surface area (Å²) in [6.45, 7) is 7.35. The van der Waals surface area contributed by atoms with Gasteiger partial charge in [0.15, 0.2) is 0 Å². The maximum Gasteiger partial charge on any atom is 0.0474 e. The van der Waals surface area contributed by atoms with Crippen molar-refractivity contribution >= 4 is 17.3 Å². The number of alkyl halides is 1. The molecular formula is C17H20ClN. The monoisotopic (exact) mass is 273 g/mol. The molecule has 0 saturated heterocycles. The van der Waals surface area contributed by atoms with Gasteiger partial charge in [0.25, 0.3) is 0 Å². The third-order valence-corrected chi connectivity index (χ3v) is 3.73. The third kappa shape index (κ3) is 3.51. The maximum atomic E-state index is 5.79. The molecule has 1 N–H and O–H groups in total. The van der Waals surface area contributed by atoms with Crippen molar-refractivity contribution in [1.29, 1.82) is 0 Å². The summed E-state index contributed by atoms with van der Waals surface area (Å²) in [5.74, 6) is 0.566. The molecule has 1 nitrogen and oxygen atoms in total. The Kier molecular flexibility index (Phi) is 4.49. The van der Waals surface area contributed by atoms with Crippen LogP contribution in [0.1, 0.15) is 27.8 Å². The first-order chi connectivity index (χ1) is 9.10. The van der Waals surface area contributed by atoms with E-state index in [1.165, 1.54) is 22.3 Å². The predicted octanol–water partition coefficient (Wildman–Crippen LogP) is 4.96. The van der Waals surface area contributed by atoms with Gasteiger partial charge in [0.1, 0.15) is 0 Å². The average Bonchev–Trinajstić information content (AvgIpc) is 2.38. The molecule has 2 aromatic carbocycles. The second kappa shape index (κ2) is 6.12. The van der Waals surface area contributed by atoms with E-state index >= 15 is 0 Å². The lowest BCUT2D eigenvalue weighted by molar-refractivity contribution is 1.08. The van der Waals surface area contributed by atoms with Gasteiger partial charge < -0.3 is 5.32 Å². The number of halogens is 1. The standard InChI is InChI=1S/C17H20ClN/c1-12-8-13(2)17(14(3)9-12)11-19-16-6-4-15(10-18)5-7-16/h4-9,19H,10-11H2,1-3H3. The van der Waals surface area contributed by atoms with Gasteiger partial charge >= 0.3 is 0 Å². The molecule has 0 heterocycles. The van der Waals surface area contributed by atoms with Crippen LogP contribution in [0.15, 0.2) is 36.4 Å². The average molecular weight is 274 g/mol. The number of rotatable bonds is 4. The van der Waals surface area contributed by atoms with Gasteiger partial charge in [-0.1, -0.05) is 29.8 Å². The summed E-state index contributed by atoms with van der Waals surface area (Å²) in [6, 6.07) is 12.8. The van der Waals surface area contributed by atoms with Crippen molar-refractivity contribution in [2.45, 2.75) is 33.2 Å². The van der Waals surface area contributed by atoms with Gasteiger partial charge in [-0.2, -0.15) is 0 Å². The lowest BCUT2D eigenvalue weighted by Gasteiger charge is -2.13. The van der Waals surface area contributed by atoms with E-state index in [0.29, 0.717) is 5.88 Å². The van der Waals surface area contributed by atoms with Gasteiger partial charge in [0, 0.05) is 18.1 Å².